The van der Waals surface area contributed by atoms with Gasteiger partial charge >= 0.3 is 0 Å². The third-order valence-corrected chi connectivity index (χ3v) is 8.13. The molecule has 166 valence electrons. The van der Waals surface area contributed by atoms with Gasteiger partial charge in [-0.05, 0) is 50.2 Å². The smallest absolute Gasteiger partial charge is 0.230 e. The molecule has 0 aliphatic heterocycles. The first-order valence-corrected chi connectivity index (χ1v) is 13.1. The van der Waals surface area contributed by atoms with Gasteiger partial charge in [0, 0.05) is 17.3 Å². The minimum Gasteiger partial charge on any atom is -0.353 e. The fraction of sp³-hybridized carbons (Fsp3) is 0.417. The summed E-state index contributed by atoms with van der Waals surface area (Å²) in [5.41, 5.74) is 3.59. The van der Waals surface area contributed by atoms with Crippen molar-refractivity contribution in [3.63, 3.8) is 0 Å². The van der Waals surface area contributed by atoms with Crippen molar-refractivity contribution >= 4 is 44.9 Å². The van der Waals surface area contributed by atoms with Crippen molar-refractivity contribution in [2.45, 2.75) is 63.6 Å². The molecule has 1 aromatic carbocycles. The van der Waals surface area contributed by atoms with E-state index in [1.54, 1.807) is 11.3 Å². The average Bonchev–Trinajstić information content (AvgIpc) is 3.50. The number of nitrogens with one attached hydrogen (secondary N) is 1. The molecule has 0 radical (unpaired) electrons. The van der Waals surface area contributed by atoms with Crippen molar-refractivity contribution in [1.82, 2.24) is 24.9 Å². The van der Waals surface area contributed by atoms with E-state index in [1.165, 1.54) is 34.2 Å². The Bertz CT molecular complexity index is 1260. The largest absolute Gasteiger partial charge is 0.353 e. The molecule has 3 aromatic heterocycles. The quantitative estimate of drug-likeness (QED) is 0.385. The molecule has 5 rings (SSSR count). The lowest BCUT2D eigenvalue weighted by Gasteiger charge is -2.13. The highest BCUT2D eigenvalue weighted by molar-refractivity contribution is 7.99. The second kappa shape index (κ2) is 9.19. The Morgan fingerprint density at radius 2 is 2.09 bits per heavy atom. The number of amides is 1. The number of aryl methyl sites for hydroxylation is 4. The van der Waals surface area contributed by atoms with E-state index >= 15 is 0 Å². The zero-order chi connectivity index (χ0) is 22.1. The van der Waals surface area contributed by atoms with Gasteiger partial charge in [-0.3, -0.25) is 9.20 Å². The summed E-state index contributed by atoms with van der Waals surface area (Å²) < 4.78 is 2.06. The van der Waals surface area contributed by atoms with Gasteiger partial charge in [0.1, 0.15) is 10.7 Å². The summed E-state index contributed by atoms with van der Waals surface area (Å²) in [6.07, 6.45) is 6.11. The van der Waals surface area contributed by atoms with Crippen LogP contribution in [0.25, 0.3) is 15.9 Å². The number of nitrogens with zero attached hydrogens (tertiary/aromatic N) is 4. The van der Waals surface area contributed by atoms with E-state index in [-0.39, 0.29) is 11.9 Å². The van der Waals surface area contributed by atoms with Gasteiger partial charge in [0.15, 0.2) is 10.8 Å². The van der Waals surface area contributed by atoms with E-state index in [9.17, 15) is 4.79 Å². The van der Waals surface area contributed by atoms with E-state index in [0.717, 1.165) is 58.9 Å². The molecule has 8 heteroatoms. The number of aromatic nitrogens is 4. The summed E-state index contributed by atoms with van der Waals surface area (Å²) in [6.45, 7) is 4.16. The van der Waals surface area contributed by atoms with Crippen molar-refractivity contribution in [2.75, 3.05) is 5.75 Å². The Morgan fingerprint density at radius 1 is 1.25 bits per heavy atom. The van der Waals surface area contributed by atoms with Crippen molar-refractivity contribution in [2.24, 2.45) is 0 Å². The fourth-order valence-corrected chi connectivity index (χ4v) is 6.45. The number of thiophene rings is 1. The Morgan fingerprint density at radius 3 is 2.91 bits per heavy atom. The lowest BCUT2D eigenvalue weighted by Crippen LogP contribution is -2.34. The Balaban J connectivity index is 1.28. The molecule has 4 aromatic rings. The first-order valence-electron chi connectivity index (χ1n) is 11.3. The zero-order valence-corrected chi connectivity index (χ0v) is 20.1. The van der Waals surface area contributed by atoms with E-state index < -0.39 is 0 Å². The minimum absolute atomic E-state index is 0.0239. The molecule has 0 spiro atoms. The van der Waals surface area contributed by atoms with Crippen LogP contribution in [-0.2, 0) is 30.5 Å². The number of fused-ring (bicyclic) bond motifs is 5. The van der Waals surface area contributed by atoms with E-state index in [2.05, 4.69) is 58.0 Å². The molecule has 1 aliphatic rings. The van der Waals surface area contributed by atoms with Crippen LogP contribution in [0.1, 0.15) is 48.5 Å². The second-order valence-electron chi connectivity index (χ2n) is 8.34. The highest BCUT2D eigenvalue weighted by Crippen LogP contribution is 2.39. The predicted octanol–water partition coefficient (Wildman–Crippen LogP) is 4.62. The molecule has 1 atom stereocenters. The van der Waals surface area contributed by atoms with Crippen molar-refractivity contribution in [3.8, 4) is 0 Å². The molecular formula is C24H27N5OS2. The predicted molar refractivity (Wildman–Crippen MR) is 131 cm³/mol. The highest BCUT2D eigenvalue weighted by Gasteiger charge is 2.24. The zero-order valence-electron chi connectivity index (χ0n) is 18.4. The molecule has 0 unspecified atom stereocenters. The maximum absolute atomic E-state index is 12.6. The summed E-state index contributed by atoms with van der Waals surface area (Å²) in [5, 5.41) is 14.0. The molecule has 6 nitrogen and oxygen atoms in total. The molecule has 1 N–H and O–H groups in total. The van der Waals surface area contributed by atoms with Crippen LogP contribution < -0.4 is 5.32 Å². The molecule has 0 saturated heterocycles. The van der Waals surface area contributed by atoms with E-state index in [1.807, 2.05) is 6.07 Å². The van der Waals surface area contributed by atoms with Gasteiger partial charge in [0.2, 0.25) is 5.91 Å². The first kappa shape index (κ1) is 21.4. The Hall–Kier alpha value is -2.45. The van der Waals surface area contributed by atoms with Crippen molar-refractivity contribution < 1.29 is 4.79 Å². The summed E-state index contributed by atoms with van der Waals surface area (Å²) >= 11 is 3.24. The first-order chi connectivity index (χ1) is 15.6. The molecule has 3 heterocycles. The van der Waals surface area contributed by atoms with Gasteiger partial charge in [-0.1, -0.05) is 49.0 Å². The van der Waals surface area contributed by atoms with Gasteiger partial charge in [-0.15, -0.1) is 21.5 Å². The normalized spacial score (nSPS) is 14.2. The topological polar surface area (TPSA) is 72.2 Å². The lowest BCUT2D eigenvalue weighted by atomic mass is 10.1. The van der Waals surface area contributed by atoms with Crippen molar-refractivity contribution in [1.29, 1.82) is 0 Å². The van der Waals surface area contributed by atoms with Crippen LogP contribution in [0.4, 0.5) is 0 Å². The summed E-state index contributed by atoms with van der Waals surface area (Å²) in [7, 11) is 0. The third-order valence-electron chi connectivity index (χ3n) is 6.01. The summed E-state index contributed by atoms with van der Waals surface area (Å²) in [5.74, 6) is 1.30. The van der Waals surface area contributed by atoms with Crippen LogP contribution >= 0.6 is 23.1 Å². The monoisotopic (exact) mass is 465 g/mol. The number of hydrogen-bond acceptors (Lipinski definition) is 6. The Kier molecular flexibility index (Phi) is 6.15. The Labute approximate surface area is 195 Å². The van der Waals surface area contributed by atoms with E-state index in [0.29, 0.717) is 5.75 Å². The molecule has 0 saturated carbocycles. The van der Waals surface area contributed by atoms with Crippen LogP contribution in [-0.4, -0.2) is 37.3 Å². The number of carbonyl (C=O) groups excluding carboxylic acids is 1. The minimum atomic E-state index is 0.0239. The molecular weight excluding hydrogens is 438 g/mol. The van der Waals surface area contributed by atoms with Crippen LogP contribution in [0.3, 0.4) is 0 Å². The van der Waals surface area contributed by atoms with E-state index in [4.69, 9.17) is 4.98 Å². The van der Waals surface area contributed by atoms with Crippen LogP contribution in [0.5, 0.6) is 0 Å². The molecule has 1 amide bonds. The van der Waals surface area contributed by atoms with Crippen molar-refractivity contribution in [3.05, 3.63) is 52.2 Å². The van der Waals surface area contributed by atoms with Gasteiger partial charge in [0.05, 0.1) is 11.1 Å². The van der Waals surface area contributed by atoms with Gasteiger partial charge in [-0.2, -0.15) is 0 Å². The SMILES string of the molecule is CCc1nc2sc3c(c2c2nnc(SCC(=O)N[C@@H](C)CCc4ccccc4)n12)CCC3. The maximum atomic E-state index is 12.6. The number of carbonyl (C=O) groups is 1. The lowest BCUT2D eigenvalue weighted by molar-refractivity contribution is -0.119. The van der Waals surface area contributed by atoms with Gasteiger partial charge < -0.3 is 5.32 Å². The standard InChI is InChI=1S/C24H27N5OS2/c1-3-19-26-23-21(17-10-7-11-18(17)32-23)22-27-28-24(29(19)22)31-14-20(30)25-15(2)12-13-16-8-5-4-6-9-16/h4-6,8-9,15H,3,7,10-14H2,1-2H3,(H,25,30)/t15-/m0/s1. The molecule has 0 bridgehead atoms. The number of rotatable bonds is 8. The molecule has 0 fully saturated rings. The third kappa shape index (κ3) is 4.13. The van der Waals surface area contributed by atoms with Crippen LogP contribution in [0.2, 0.25) is 0 Å². The average molecular weight is 466 g/mol. The summed E-state index contributed by atoms with van der Waals surface area (Å²) in [6, 6.07) is 10.5. The number of benzene rings is 1. The number of hydrogen-bond donors (Lipinski definition) is 1. The van der Waals surface area contributed by atoms with Crippen LogP contribution in [0, 0.1) is 0 Å². The maximum Gasteiger partial charge on any atom is 0.230 e. The number of thioether (sulfide) groups is 1. The van der Waals surface area contributed by atoms with Gasteiger partial charge in [0.25, 0.3) is 0 Å². The molecule has 1 aliphatic carbocycles. The summed E-state index contributed by atoms with van der Waals surface area (Å²) in [4.78, 5) is 20.0. The molecule has 32 heavy (non-hydrogen) atoms. The van der Waals surface area contributed by atoms with Crippen LogP contribution in [0.15, 0.2) is 35.5 Å². The highest BCUT2D eigenvalue weighted by atomic mass is 32.2. The fourth-order valence-electron chi connectivity index (χ4n) is 4.41. The van der Waals surface area contributed by atoms with Gasteiger partial charge in [-0.25, -0.2) is 4.98 Å². The second-order valence-corrected chi connectivity index (χ2v) is 10.4.